The summed E-state index contributed by atoms with van der Waals surface area (Å²) in [4.78, 5) is 20.6. The van der Waals surface area contributed by atoms with Crippen molar-refractivity contribution < 1.29 is 4.79 Å². The average Bonchev–Trinajstić information content (AvgIpc) is 3.33. The number of likely N-dealkylation sites (tertiary alicyclic amines) is 2. The SMILES string of the molecule is O=C(c1ccnnc1)N(CCN1CCCCC1)CC1CCCN(C2CCCC2)C1. The van der Waals surface area contributed by atoms with Gasteiger partial charge in [-0.1, -0.05) is 19.3 Å². The number of rotatable bonds is 7. The Labute approximate surface area is 175 Å². The van der Waals surface area contributed by atoms with Crippen molar-refractivity contribution in [2.24, 2.45) is 5.92 Å². The van der Waals surface area contributed by atoms with E-state index in [9.17, 15) is 4.79 Å². The predicted octanol–water partition coefficient (Wildman–Crippen LogP) is 3.06. The first-order valence-electron chi connectivity index (χ1n) is 11.8. The topological polar surface area (TPSA) is 52.6 Å². The van der Waals surface area contributed by atoms with Crippen LogP contribution < -0.4 is 0 Å². The monoisotopic (exact) mass is 399 g/mol. The molecule has 6 nitrogen and oxygen atoms in total. The average molecular weight is 400 g/mol. The number of carbonyl (C=O) groups excluding carboxylic acids is 1. The molecule has 3 fully saturated rings. The third-order valence-corrected chi connectivity index (χ3v) is 7.12. The van der Waals surface area contributed by atoms with Gasteiger partial charge in [0.15, 0.2) is 0 Å². The van der Waals surface area contributed by atoms with E-state index < -0.39 is 0 Å². The molecule has 0 radical (unpaired) electrons. The highest BCUT2D eigenvalue weighted by molar-refractivity contribution is 5.93. The number of hydrogen-bond acceptors (Lipinski definition) is 5. The second kappa shape index (κ2) is 10.5. The molecule has 6 heteroatoms. The van der Waals surface area contributed by atoms with Gasteiger partial charge in [-0.25, -0.2) is 0 Å². The van der Waals surface area contributed by atoms with Gasteiger partial charge < -0.3 is 14.7 Å². The van der Waals surface area contributed by atoms with Gasteiger partial charge in [-0.15, -0.1) is 0 Å². The van der Waals surface area contributed by atoms with Crippen molar-refractivity contribution in [3.05, 3.63) is 24.0 Å². The maximum Gasteiger partial charge on any atom is 0.255 e. The molecule has 0 N–H and O–H groups in total. The molecule has 1 aliphatic carbocycles. The second-order valence-electron chi connectivity index (χ2n) is 9.23. The Bertz CT molecular complexity index is 627. The molecule has 0 spiro atoms. The van der Waals surface area contributed by atoms with Gasteiger partial charge in [0.2, 0.25) is 0 Å². The first-order chi connectivity index (χ1) is 14.3. The van der Waals surface area contributed by atoms with Crippen LogP contribution in [0.15, 0.2) is 18.5 Å². The quantitative estimate of drug-likeness (QED) is 0.705. The molecule has 3 heterocycles. The second-order valence-corrected chi connectivity index (χ2v) is 9.23. The van der Waals surface area contributed by atoms with E-state index in [1.165, 1.54) is 77.4 Å². The van der Waals surface area contributed by atoms with Gasteiger partial charge in [-0.05, 0) is 70.1 Å². The summed E-state index contributed by atoms with van der Waals surface area (Å²) in [6.45, 7) is 7.45. The zero-order chi connectivity index (χ0) is 19.9. The minimum atomic E-state index is 0.120. The first-order valence-corrected chi connectivity index (χ1v) is 11.8. The Morgan fingerprint density at radius 2 is 1.83 bits per heavy atom. The summed E-state index contributed by atoms with van der Waals surface area (Å²) < 4.78 is 0. The maximum atomic E-state index is 13.3. The van der Waals surface area contributed by atoms with Crippen molar-refractivity contribution in [1.29, 1.82) is 0 Å². The Morgan fingerprint density at radius 3 is 2.59 bits per heavy atom. The van der Waals surface area contributed by atoms with E-state index in [2.05, 4.69) is 24.9 Å². The lowest BCUT2D eigenvalue weighted by Gasteiger charge is -2.39. The smallest absolute Gasteiger partial charge is 0.255 e. The fourth-order valence-corrected chi connectivity index (χ4v) is 5.48. The van der Waals surface area contributed by atoms with E-state index >= 15 is 0 Å². The van der Waals surface area contributed by atoms with Crippen molar-refractivity contribution >= 4 is 5.91 Å². The lowest BCUT2D eigenvalue weighted by atomic mass is 9.95. The lowest BCUT2D eigenvalue weighted by molar-refractivity contribution is 0.0609. The molecule has 0 bridgehead atoms. The van der Waals surface area contributed by atoms with Crippen LogP contribution in [0.25, 0.3) is 0 Å². The minimum Gasteiger partial charge on any atom is -0.337 e. The zero-order valence-electron chi connectivity index (χ0n) is 17.8. The third kappa shape index (κ3) is 5.76. The number of carbonyl (C=O) groups is 1. The van der Waals surface area contributed by atoms with Gasteiger partial charge in [0.25, 0.3) is 5.91 Å². The molecular formula is C23H37N5O. The van der Waals surface area contributed by atoms with Crippen LogP contribution in [-0.2, 0) is 0 Å². The molecule has 4 rings (SSSR count). The van der Waals surface area contributed by atoms with Crippen molar-refractivity contribution in [2.75, 3.05) is 45.8 Å². The molecule has 1 aromatic rings. The van der Waals surface area contributed by atoms with Crippen molar-refractivity contribution in [3.63, 3.8) is 0 Å². The van der Waals surface area contributed by atoms with Gasteiger partial charge in [-0.2, -0.15) is 10.2 Å². The highest BCUT2D eigenvalue weighted by Crippen LogP contribution is 2.28. The van der Waals surface area contributed by atoms with Crippen LogP contribution in [0.4, 0.5) is 0 Å². The molecule has 2 aliphatic heterocycles. The highest BCUT2D eigenvalue weighted by atomic mass is 16.2. The zero-order valence-corrected chi connectivity index (χ0v) is 17.8. The molecule has 2 saturated heterocycles. The van der Waals surface area contributed by atoms with Crippen LogP contribution in [0.5, 0.6) is 0 Å². The summed E-state index contributed by atoms with van der Waals surface area (Å²) in [5, 5.41) is 7.77. The number of amides is 1. The largest absolute Gasteiger partial charge is 0.337 e. The lowest BCUT2D eigenvalue weighted by Crippen LogP contribution is -2.47. The molecule has 1 atom stereocenters. The Morgan fingerprint density at radius 1 is 1.00 bits per heavy atom. The molecular weight excluding hydrogens is 362 g/mol. The van der Waals surface area contributed by atoms with Crippen LogP contribution in [-0.4, -0.2) is 82.7 Å². The number of aromatic nitrogens is 2. The maximum absolute atomic E-state index is 13.3. The molecule has 29 heavy (non-hydrogen) atoms. The summed E-state index contributed by atoms with van der Waals surface area (Å²) in [5.74, 6) is 0.708. The Balaban J connectivity index is 1.38. The van der Waals surface area contributed by atoms with E-state index in [1.807, 2.05) is 0 Å². The van der Waals surface area contributed by atoms with Crippen molar-refractivity contribution in [1.82, 2.24) is 24.9 Å². The van der Waals surface area contributed by atoms with Gasteiger partial charge in [0.1, 0.15) is 0 Å². The molecule has 1 unspecified atom stereocenters. The van der Waals surface area contributed by atoms with Crippen molar-refractivity contribution in [2.45, 2.75) is 63.8 Å². The normalized spacial score (nSPS) is 24.6. The van der Waals surface area contributed by atoms with E-state index in [0.717, 1.165) is 32.2 Å². The third-order valence-electron chi connectivity index (χ3n) is 7.12. The fraction of sp³-hybridized carbons (Fsp3) is 0.783. The van der Waals surface area contributed by atoms with E-state index in [4.69, 9.17) is 0 Å². The molecule has 1 saturated carbocycles. The summed E-state index contributed by atoms with van der Waals surface area (Å²) in [7, 11) is 0. The van der Waals surface area contributed by atoms with Crippen LogP contribution in [0.2, 0.25) is 0 Å². The van der Waals surface area contributed by atoms with E-state index in [0.29, 0.717) is 11.5 Å². The summed E-state index contributed by atoms with van der Waals surface area (Å²) >= 11 is 0. The Hall–Kier alpha value is -1.53. The van der Waals surface area contributed by atoms with Crippen molar-refractivity contribution in [3.8, 4) is 0 Å². The number of piperidine rings is 2. The van der Waals surface area contributed by atoms with Gasteiger partial charge >= 0.3 is 0 Å². The highest BCUT2D eigenvalue weighted by Gasteiger charge is 2.30. The van der Waals surface area contributed by atoms with Gasteiger partial charge in [0.05, 0.1) is 18.0 Å². The van der Waals surface area contributed by atoms with Crippen LogP contribution in [0, 0.1) is 5.92 Å². The molecule has 0 aromatic carbocycles. The predicted molar refractivity (Wildman–Crippen MR) is 115 cm³/mol. The molecule has 3 aliphatic rings. The van der Waals surface area contributed by atoms with Gasteiger partial charge in [0, 0.05) is 32.2 Å². The fourth-order valence-electron chi connectivity index (χ4n) is 5.48. The minimum absolute atomic E-state index is 0.120. The summed E-state index contributed by atoms with van der Waals surface area (Å²) in [6, 6.07) is 2.59. The number of hydrogen-bond donors (Lipinski definition) is 0. The van der Waals surface area contributed by atoms with Gasteiger partial charge in [-0.3, -0.25) is 4.79 Å². The van der Waals surface area contributed by atoms with Crippen LogP contribution >= 0.6 is 0 Å². The molecule has 1 amide bonds. The summed E-state index contributed by atoms with van der Waals surface area (Å²) in [5.41, 5.74) is 0.669. The molecule has 1 aromatic heterocycles. The molecule has 160 valence electrons. The van der Waals surface area contributed by atoms with Crippen LogP contribution in [0.1, 0.15) is 68.1 Å². The standard InChI is InChI=1S/C23H37N5O/c29-23(21-10-11-24-25-17-21)28(16-15-26-12-4-1-5-13-26)19-20-7-6-14-27(18-20)22-8-2-3-9-22/h10-11,17,20,22H,1-9,12-16,18-19H2. The first kappa shape index (κ1) is 20.7. The summed E-state index contributed by atoms with van der Waals surface area (Å²) in [6.07, 6.45) is 15.2. The van der Waals surface area contributed by atoms with E-state index in [-0.39, 0.29) is 5.91 Å². The Kier molecular flexibility index (Phi) is 7.49. The van der Waals surface area contributed by atoms with E-state index in [1.54, 1.807) is 18.5 Å². The van der Waals surface area contributed by atoms with Crippen LogP contribution in [0.3, 0.4) is 0 Å². The number of nitrogens with zero attached hydrogens (tertiary/aromatic N) is 5.